The zero-order valence-corrected chi connectivity index (χ0v) is 9.67. The lowest BCUT2D eigenvalue weighted by molar-refractivity contribution is -0.138. The molecule has 1 N–H and O–H groups in total. The van der Waals surface area contributed by atoms with E-state index in [0.29, 0.717) is 11.3 Å². The molecule has 1 saturated heterocycles. The van der Waals surface area contributed by atoms with Gasteiger partial charge in [-0.25, -0.2) is 0 Å². The second-order valence-electron chi connectivity index (χ2n) is 5.12. The fourth-order valence-electron chi connectivity index (χ4n) is 3.18. The van der Waals surface area contributed by atoms with Crippen molar-refractivity contribution in [3.8, 4) is 0 Å². The molecule has 0 bridgehead atoms. The second-order valence-corrected chi connectivity index (χ2v) is 5.43. The maximum Gasteiger partial charge on any atom is 0.317 e. The van der Waals surface area contributed by atoms with Crippen molar-refractivity contribution in [1.82, 2.24) is 4.90 Å². The first-order valence-corrected chi connectivity index (χ1v) is 6.17. The summed E-state index contributed by atoms with van der Waals surface area (Å²) in [7, 11) is 0. The minimum atomic E-state index is -0.709. The highest BCUT2D eigenvalue weighted by Gasteiger charge is 2.43. The largest absolute Gasteiger partial charge is 0.480 e. The average Bonchev–Trinajstić information content (AvgIpc) is 2.74. The van der Waals surface area contributed by atoms with Crippen molar-refractivity contribution in [2.75, 3.05) is 25.5 Å². The van der Waals surface area contributed by atoms with Crippen molar-refractivity contribution < 1.29 is 9.90 Å². The molecule has 1 heterocycles. The van der Waals surface area contributed by atoms with Crippen molar-refractivity contribution >= 4 is 17.6 Å². The van der Waals surface area contributed by atoms with Crippen LogP contribution >= 0.6 is 11.6 Å². The van der Waals surface area contributed by atoms with Crippen LogP contribution < -0.4 is 0 Å². The van der Waals surface area contributed by atoms with E-state index in [1.54, 1.807) is 0 Å². The number of nitrogens with zero attached hydrogens (tertiary/aromatic N) is 1. The molecule has 2 atom stereocenters. The van der Waals surface area contributed by atoms with E-state index >= 15 is 0 Å². The molecule has 2 aliphatic rings. The number of hydrogen-bond acceptors (Lipinski definition) is 2. The molecule has 2 rings (SSSR count). The molecule has 0 amide bonds. The average molecular weight is 232 g/mol. The fourth-order valence-corrected chi connectivity index (χ4v) is 3.45. The van der Waals surface area contributed by atoms with Gasteiger partial charge in [0, 0.05) is 12.4 Å². The van der Waals surface area contributed by atoms with Gasteiger partial charge in [-0.2, -0.15) is 0 Å². The smallest absolute Gasteiger partial charge is 0.317 e. The van der Waals surface area contributed by atoms with Crippen molar-refractivity contribution in [1.29, 1.82) is 0 Å². The molecule has 3 nitrogen and oxygen atoms in total. The Labute approximate surface area is 95.4 Å². The fraction of sp³-hybridized carbons (Fsp3) is 0.909. The summed E-state index contributed by atoms with van der Waals surface area (Å²) in [6.07, 6.45) is 4.82. The van der Waals surface area contributed by atoms with E-state index in [9.17, 15) is 4.79 Å². The Hall–Kier alpha value is -0.280. The van der Waals surface area contributed by atoms with Gasteiger partial charge in [0.2, 0.25) is 0 Å². The third kappa shape index (κ3) is 2.45. The molecule has 1 spiro atoms. The van der Waals surface area contributed by atoms with Crippen LogP contribution in [0.3, 0.4) is 0 Å². The number of rotatable bonds is 3. The SMILES string of the molecule is O=C(O)CN1CC[C@]2(CC[C@H](CCl)C2)C1. The summed E-state index contributed by atoms with van der Waals surface area (Å²) < 4.78 is 0. The maximum atomic E-state index is 10.6. The maximum absolute atomic E-state index is 10.6. The van der Waals surface area contributed by atoms with Gasteiger partial charge in [0.05, 0.1) is 6.54 Å². The molecule has 15 heavy (non-hydrogen) atoms. The second kappa shape index (κ2) is 4.30. The summed E-state index contributed by atoms with van der Waals surface area (Å²) in [4.78, 5) is 12.7. The first kappa shape index (κ1) is 11.2. The predicted molar refractivity (Wildman–Crippen MR) is 59.2 cm³/mol. The highest BCUT2D eigenvalue weighted by atomic mass is 35.5. The van der Waals surface area contributed by atoms with E-state index in [-0.39, 0.29) is 6.54 Å². The standard InChI is InChI=1S/C11H18ClNO2/c12-6-9-1-2-11(5-9)3-4-13(8-11)7-10(14)15/h9H,1-8H2,(H,14,15)/t9-,11-/m0/s1. The van der Waals surface area contributed by atoms with Gasteiger partial charge in [-0.05, 0) is 43.6 Å². The zero-order chi connectivity index (χ0) is 10.9. The Balaban J connectivity index is 1.89. The summed E-state index contributed by atoms with van der Waals surface area (Å²) in [5.74, 6) is 0.719. The molecule has 2 fully saturated rings. The van der Waals surface area contributed by atoms with Crippen LogP contribution in [0, 0.1) is 11.3 Å². The molecule has 0 aromatic rings. The molecular weight excluding hydrogens is 214 g/mol. The van der Waals surface area contributed by atoms with Crippen LogP contribution in [0.1, 0.15) is 25.7 Å². The summed E-state index contributed by atoms with van der Waals surface area (Å²) >= 11 is 5.88. The van der Waals surface area contributed by atoms with Gasteiger partial charge >= 0.3 is 5.97 Å². The Kier molecular flexibility index (Phi) is 3.21. The van der Waals surface area contributed by atoms with Gasteiger partial charge in [-0.3, -0.25) is 9.69 Å². The molecule has 1 aliphatic carbocycles. The third-order valence-corrected chi connectivity index (χ3v) is 4.34. The summed E-state index contributed by atoms with van der Waals surface area (Å²) in [6.45, 7) is 2.11. The van der Waals surface area contributed by atoms with Gasteiger partial charge in [0.1, 0.15) is 0 Å². The van der Waals surface area contributed by atoms with Gasteiger partial charge in [0.25, 0.3) is 0 Å². The van der Waals surface area contributed by atoms with E-state index < -0.39 is 5.97 Å². The molecule has 0 radical (unpaired) electrons. The third-order valence-electron chi connectivity index (χ3n) is 3.90. The van der Waals surface area contributed by atoms with Crippen molar-refractivity contribution in [3.05, 3.63) is 0 Å². The van der Waals surface area contributed by atoms with Crippen LogP contribution in [0.15, 0.2) is 0 Å². The molecule has 4 heteroatoms. The number of carbonyl (C=O) groups is 1. The van der Waals surface area contributed by atoms with E-state index in [2.05, 4.69) is 4.90 Å². The first-order chi connectivity index (χ1) is 7.13. The number of halogens is 1. The van der Waals surface area contributed by atoms with Crippen LogP contribution in [0.2, 0.25) is 0 Å². The number of aliphatic carboxylic acids is 1. The first-order valence-electron chi connectivity index (χ1n) is 5.64. The number of hydrogen-bond donors (Lipinski definition) is 1. The minimum absolute atomic E-state index is 0.202. The van der Waals surface area contributed by atoms with Crippen molar-refractivity contribution in [3.63, 3.8) is 0 Å². The summed E-state index contributed by atoms with van der Waals surface area (Å²) in [5, 5.41) is 8.74. The van der Waals surface area contributed by atoms with E-state index in [1.807, 2.05) is 0 Å². The van der Waals surface area contributed by atoms with Gasteiger partial charge < -0.3 is 5.11 Å². The molecule has 0 aromatic heterocycles. The Morgan fingerprint density at radius 3 is 2.93 bits per heavy atom. The number of likely N-dealkylation sites (tertiary alicyclic amines) is 1. The highest BCUT2D eigenvalue weighted by molar-refractivity contribution is 6.18. The topological polar surface area (TPSA) is 40.5 Å². The van der Waals surface area contributed by atoms with Crippen LogP contribution in [-0.2, 0) is 4.79 Å². The summed E-state index contributed by atoms with van der Waals surface area (Å²) in [5.41, 5.74) is 0.398. The minimum Gasteiger partial charge on any atom is -0.480 e. The molecule has 1 aliphatic heterocycles. The molecule has 1 saturated carbocycles. The van der Waals surface area contributed by atoms with E-state index in [4.69, 9.17) is 16.7 Å². The van der Waals surface area contributed by atoms with Gasteiger partial charge in [-0.15, -0.1) is 11.6 Å². The molecule has 86 valence electrons. The lowest BCUT2D eigenvalue weighted by Crippen LogP contribution is -2.30. The Morgan fingerprint density at radius 1 is 1.53 bits per heavy atom. The lowest BCUT2D eigenvalue weighted by Gasteiger charge is -2.23. The number of carboxylic acid groups (broad SMARTS) is 1. The van der Waals surface area contributed by atoms with Crippen molar-refractivity contribution in [2.24, 2.45) is 11.3 Å². The Morgan fingerprint density at radius 2 is 2.33 bits per heavy atom. The van der Waals surface area contributed by atoms with E-state index in [0.717, 1.165) is 25.4 Å². The molecule has 0 unspecified atom stereocenters. The summed E-state index contributed by atoms with van der Waals surface area (Å²) in [6, 6.07) is 0. The normalized spacial score (nSPS) is 36.5. The van der Waals surface area contributed by atoms with Gasteiger partial charge in [-0.1, -0.05) is 0 Å². The Bertz CT molecular complexity index is 259. The molecular formula is C11H18ClNO2. The van der Waals surface area contributed by atoms with Gasteiger partial charge in [0.15, 0.2) is 0 Å². The number of alkyl halides is 1. The lowest BCUT2D eigenvalue weighted by atomic mass is 9.85. The van der Waals surface area contributed by atoms with Crippen LogP contribution in [-0.4, -0.2) is 41.5 Å². The van der Waals surface area contributed by atoms with Crippen LogP contribution in [0.4, 0.5) is 0 Å². The highest BCUT2D eigenvalue weighted by Crippen LogP contribution is 2.48. The van der Waals surface area contributed by atoms with Crippen LogP contribution in [0.5, 0.6) is 0 Å². The van der Waals surface area contributed by atoms with Crippen LogP contribution in [0.25, 0.3) is 0 Å². The molecule has 0 aromatic carbocycles. The van der Waals surface area contributed by atoms with Crippen molar-refractivity contribution in [2.45, 2.75) is 25.7 Å². The predicted octanol–water partition coefficient (Wildman–Crippen LogP) is 1.80. The van der Waals surface area contributed by atoms with E-state index in [1.165, 1.54) is 19.3 Å². The quantitative estimate of drug-likeness (QED) is 0.754. The monoisotopic (exact) mass is 231 g/mol. The zero-order valence-electron chi connectivity index (χ0n) is 8.91. The number of carboxylic acids is 1.